The van der Waals surface area contributed by atoms with Gasteiger partial charge in [0.15, 0.2) is 0 Å². The van der Waals surface area contributed by atoms with Crippen molar-refractivity contribution in [2.45, 2.75) is 51.9 Å². The van der Waals surface area contributed by atoms with Gasteiger partial charge in [-0.3, -0.25) is 0 Å². The fourth-order valence-electron chi connectivity index (χ4n) is 2.47. The summed E-state index contributed by atoms with van der Waals surface area (Å²) in [6, 6.07) is 15.0. The first kappa shape index (κ1) is 21.5. The minimum absolute atomic E-state index is 0. The Morgan fingerprint density at radius 2 is 1.21 bits per heavy atom. The maximum atomic E-state index is 9.23. The number of nitrogens with zero attached hydrogens (tertiary/aromatic N) is 2. The van der Waals surface area contributed by atoms with E-state index in [1.54, 1.807) is 24.3 Å². The van der Waals surface area contributed by atoms with Gasteiger partial charge in [-0.1, -0.05) is 51.2 Å². The van der Waals surface area contributed by atoms with Crippen molar-refractivity contribution in [3.05, 3.63) is 54.1 Å². The van der Waals surface area contributed by atoms with E-state index in [4.69, 9.17) is 0 Å². The fraction of sp³-hybridized carbons (Fsp3) is 0.400. The molecule has 0 unspecified atom stereocenters. The Morgan fingerprint density at radius 1 is 0.708 bits per heavy atom. The zero-order valence-electron chi connectivity index (χ0n) is 13.9. The number of hydrogen-bond acceptors (Lipinski definition) is 3. The molecule has 0 aromatic heterocycles. The van der Waals surface area contributed by atoms with Gasteiger partial charge in [0.25, 0.3) is 0 Å². The first-order valence-electron chi connectivity index (χ1n) is 8.57. The molecule has 0 amide bonds. The van der Waals surface area contributed by atoms with Crippen molar-refractivity contribution in [2.75, 3.05) is 0 Å². The summed E-state index contributed by atoms with van der Waals surface area (Å²) in [4.78, 5) is 0. The van der Waals surface area contributed by atoms with Crippen molar-refractivity contribution >= 4 is 62.8 Å². The molecule has 0 aliphatic rings. The fourth-order valence-corrected chi connectivity index (χ4v) is 2.47. The molecular weight excluding hydrogens is 323 g/mol. The van der Waals surface area contributed by atoms with Crippen LogP contribution in [0.5, 0.6) is 5.75 Å². The first-order valence-corrected chi connectivity index (χ1v) is 8.57. The Bertz CT molecular complexity index is 594. The van der Waals surface area contributed by atoms with E-state index in [2.05, 4.69) is 29.3 Å². The van der Waals surface area contributed by atoms with Crippen LogP contribution in [0.25, 0.3) is 0 Å². The Hall–Kier alpha value is -0.524. The second kappa shape index (κ2) is 12.8. The molecule has 124 valence electrons. The normalized spacial score (nSPS) is 10.7. The molecule has 0 heterocycles. The molecule has 1 N–H and O–H groups in total. The summed E-state index contributed by atoms with van der Waals surface area (Å²) < 4.78 is 0. The van der Waals surface area contributed by atoms with Crippen molar-refractivity contribution in [1.29, 1.82) is 0 Å². The molecule has 0 atom stereocenters. The van der Waals surface area contributed by atoms with E-state index < -0.39 is 0 Å². The van der Waals surface area contributed by atoms with E-state index in [1.165, 1.54) is 44.1 Å². The van der Waals surface area contributed by atoms with Gasteiger partial charge in [-0.2, -0.15) is 10.2 Å². The standard InChI is InChI=1S/C20H26N2O.K.H/c1-2-3-4-5-6-7-8-17-9-11-18(12-10-17)21-22-19-13-15-20(23)16-14-19;;/h9-16,23H,2-8H2,1H3;;/b22-21+;;. The van der Waals surface area contributed by atoms with Gasteiger partial charge in [0.1, 0.15) is 5.75 Å². The van der Waals surface area contributed by atoms with Gasteiger partial charge in [0.2, 0.25) is 0 Å². The van der Waals surface area contributed by atoms with E-state index in [0.717, 1.165) is 17.8 Å². The van der Waals surface area contributed by atoms with Crippen molar-refractivity contribution < 1.29 is 5.11 Å². The van der Waals surface area contributed by atoms with Crippen LogP contribution in [0, 0.1) is 0 Å². The quantitative estimate of drug-likeness (QED) is 0.333. The Labute approximate surface area is 188 Å². The molecular formula is C20H27KN2O. The number of azo groups is 1. The molecule has 2 rings (SSSR count). The van der Waals surface area contributed by atoms with Crippen LogP contribution >= 0.6 is 0 Å². The number of phenolic OH excluding ortho intramolecular Hbond substituents is 1. The molecule has 0 aliphatic heterocycles. The summed E-state index contributed by atoms with van der Waals surface area (Å²) in [6.07, 6.45) is 9.11. The van der Waals surface area contributed by atoms with Crippen molar-refractivity contribution in [2.24, 2.45) is 10.2 Å². The first-order chi connectivity index (χ1) is 11.3. The molecule has 0 radical (unpaired) electrons. The summed E-state index contributed by atoms with van der Waals surface area (Å²) in [5, 5.41) is 17.6. The maximum absolute atomic E-state index is 9.23. The third kappa shape index (κ3) is 8.54. The molecule has 4 heteroatoms. The zero-order chi connectivity index (χ0) is 16.3. The summed E-state index contributed by atoms with van der Waals surface area (Å²) in [7, 11) is 0. The predicted octanol–water partition coefficient (Wildman–Crippen LogP) is 6.06. The molecule has 0 aliphatic carbocycles. The third-order valence-electron chi connectivity index (χ3n) is 3.89. The molecule has 24 heavy (non-hydrogen) atoms. The van der Waals surface area contributed by atoms with E-state index in [1.807, 2.05) is 12.1 Å². The summed E-state index contributed by atoms with van der Waals surface area (Å²) in [6.45, 7) is 2.25. The summed E-state index contributed by atoms with van der Waals surface area (Å²) >= 11 is 0. The molecule has 0 saturated carbocycles. The van der Waals surface area contributed by atoms with Crippen LogP contribution in [0.3, 0.4) is 0 Å². The van der Waals surface area contributed by atoms with Crippen LogP contribution in [0.2, 0.25) is 0 Å². The minimum atomic E-state index is 0. The van der Waals surface area contributed by atoms with E-state index in [9.17, 15) is 5.11 Å². The van der Waals surface area contributed by atoms with Crippen molar-refractivity contribution in [3.63, 3.8) is 0 Å². The topological polar surface area (TPSA) is 45.0 Å². The number of aromatic hydroxyl groups is 1. The average molecular weight is 351 g/mol. The number of benzene rings is 2. The van der Waals surface area contributed by atoms with Crippen LogP contribution in [-0.2, 0) is 6.42 Å². The molecule has 2 aromatic carbocycles. The Balaban J connectivity index is 0.00000288. The van der Waals surface area contributed by atoms with E-state index >= 15 is 0 Å². The van der Waals surface area contributed by atoms with Crippen LogP contribution in [0.1, 0.15) is 51.0 Å². The number of unbranched alkanes of at least 4 members (excludes halogenated alkanes) is 5. The van der Waals surface area contributed by atoms with Gasteiger partial charge in [-0.05, 0) is 54.8 Å². The number of aryl methyl sites for hydroxylation is 1. The molecule has 0 fully saturated rings. The van der Waals surface area contributed by atoms with Crippen LogP contribution in [0.15, 0.2) is 58.8 Å². The van der Waals surface area contributed by atoms with Gasteiger partial charge in [0.05, 0.1) is 11.4 Å². The summed E-state index contributed by atoms with van der Waals surface area (Å²) in [5.41, 5.74) is 2.95. The SMILES string of the molecule is CCCCCCCCc1ccc(/N=N/c2ccc(O)cc2)cc1.[KH]. The van der Waals surface area contributed by atoms with Crippen LogP contribution in [-0.4, -0.2) is 56.5 Å². The van der Waals surface area contributed by atoms with Crippen LogP contribution < -0.4 is 0 Å². The number of phenols is 1. The molecule has 0 bridgehead atoms. The van der Waals surface area contributed by atoms with Gasteiger partial charge < -0.3 is 5.11 Å². The van der Waals surface area contributed by atoms with Gasteiger partial charge in [-0.25, -0.2) is 0 Å². The van der Waals surface area contributed by atoms with Gasteiger partial charge >= 0.3 is 51.4 Å². The Kier molecular flexibility index (Phi) is 11.5. The van der Waals surface area contributed by atoms with Crippen LogP contribution in [0.4, 0.5) is 11.4 Å². The van der Waals surface area contributed by atoms with Gasteiger partial charge in [-0.15, -0.1) is 0 Å². The van der Waals surface area contributed by atoms with Crippen molar-refractivity contribution in [1.82, 2.24) is 0 Å². The Morgan fingerprint density at radius 3 is 1.79 bits per heavy atom. The third-order valence-corrected chi connectivity index (χ3v) is 3.89. The molecule has 0 saturated heterocycles. The van der Waals surface area contributed by atoms with E-state index in [0.29, 0.717) is 0 Å². The molecule has 0 spiro atoms. The zero-order valence-corrected chi connectivity index (χ0v) is 13.9. The average Bonchev–Trinajstić information content (AvgIpc) is 2.58. The molecule has 3 nitrogen and oxygen atoms in total. The van der Waals surface area contributed by atoms with E-state index in [-0.39, 0.29) is 57.1 Å². The van der Waals surface area contributed by atoms with Crippen molar-refractivity contribution in [3.8, 4) is 5.75 Å². The molecule has 2 aromatic rings. The number of hydrogen-bond donors (Lipinski definition) is 1. The predicted molar refractivity (Wildman–Crippen MR) is 103 cm³/mol. The summed E-state index contributed by atoms with van der Waals surface area (Å²) in [5.74, 6) is 0.239. The number of rotatable bonds is 9. The second-order valence-corrected chi connectivity index (χ2v) is 5.90. The monoisotopic (exact) mass is 350 g/mol. The van der Waals surface area contributed by atoms with Gasteiger partial charge in [0, 0.05) is 0 Å². The second-order valence-electron chi connectivity index (χ2n) is 5.90.